The van der Waals surface area contributed by atoms with Crippen LogP contribution in [0.2, 0.25) is 10.0 Å². The first-order chi connectivity index (χ1) is 13.8. The number of nitro groups is 1. The molecule has 0 fully saturated rings. The first-order valence-electron chi connectivity index (χ1n) is 8.54. The average molecular weight is 444 g/mol. The minimum atomic E-state index is -0.427. The van der Waals surface area contributed by atoms with Crippen molar-refractivity contribution in [1.29, 1.82) is 0 Å². The predicted octanol–water partition coefficient (Wildman–Crippen LogP) is 7.26. The zero-order valence-electron chi connectivity index (χ0n) is 15.3. The summed E-state index contributed by atoms with van der Waals surface area (Å²) in [6.07, 6.45) is 2.84. The molecular formula is C22H15Cl2NO3S. The van der Waals surface area contributed by atoms with E-state index < -0.39 is 4.92 Å². The van der Waals surface area contributed by atoms with Gasteiger partial charge < -0.3 is 0 Å². The Bertz CT molecular complexity index is 1110. The van der Waals surface area contributed by atoms with Gasteiger partial charge in [0.15, 0.2) is 5.78 Å². The van der Waals surface area contributed by atoms with Gasteiger partial charge in [-0.15, -0.1) is 0 Å². The molecule has 29 heavy (non-hydrogen) atoms. The van der Waals surface area contributed by atoms with Gasteiger partial charge >= 0.3 is 0 Å². The number of nitro benzene ring substituents is 1. The van der Waals surface area contributed by atoms with E-state index in [1.807, 2.05) is 31.2 Å². The van der Waals surface area contributed by atoms with Gasteiger partial charge in [-0.3, -0.25) is 14.9 Å². The van der Waals surface area contributed by atoms with E-state index in [9.17, 15) is 14.9 Å². The van der Waals surface area contributed by atoms with Crippen LogP contribution in [-0.2, 0) is 0 Å². The molecule has 0 spiro atoms. The minimum absolute atomic E-state index is 0.0223. The molecule has 0 saturated heterocycles. The third kappa shape index (κ3) is 5.48. The number of hydrogen-bond donors (Lipinski definition) is 0. The molecule has 7 heteroatoms. The Morgan fingerprint density at radius 1 is 1.03 bits per heavy atom. The van der Waals surface area contributed by atoms with E-state index in [0.717, 1.165) is 10.5 Å². The Hall–Kier alpha value is -2.60. The first kappa shape index (κ1) is 21.1. The van der Waals surface area contributed by atoms with Gasteiger partial charge in [-0.05, 0) is 55.0 Å². The monoisotopic (exact) mass is 443 g/mol. The van der Waals surface area contributed by atoms with Gasteiger partial charge in [0, 0.05) is 21.5 Å². The maximum Gasteiger partial charge on any atom is 0.283 e. The van der Waals surface area contributed by atoms with E-state index >= 15 is 0 Å². The lowest BCUT2D eigenvalue weighted by Gasteiger charge is -2.05. The van der Waals surface area contributed by atoms with Crippen LogP contribution in [0.25, 0.3) is 6.08 Å². The Labute approximate surface area is 182 Å². The van der Waals surface area contributed by atoms with Crippen LogP contribution in [0.5, 0.6) is 0 Å². The van der Waals surface area contributed by atoms with Crippen LogP contribution in [0.4, 0.5) is 5.69 Å². The number of ketones is 1. The van der Waals surface area contributed by atoms with Crippen molar-refractivity contribution >= 4 is 52.5 Å². The van der Waals surface area contributed by atoms with E-state index in [4.69, 9.17) is 23.2 Å². The largest absolute Gasteiger partial charge is 0.289 e. The number of carbonyl (C=O) groups excluding carboxylic acids is 1. The summed E-state index contributed by atoms with van der Waals surface area (Å²) in [5.74, 6) is -0.335. The number of nitrogens with zero attached hydrogens (tertiary/aromatic N) is 1. The van der Waals surface area contributed by atoms with Crippen LogP contribution in [0.1, 0.15) is 21.5 Å². The molecule has 0 saturated carbocycles. The molecule has 4 nitrogen and oxygen atoms in total. The molecule has 0 radical (unpaired) electrons. The Morgan fingerprint density at radius 2 is 1.76 bits per heavy atom. The molecule has 3 aromatic carbocycles. The summed E-state index contributed by atoms with van der Waals surface area (Å²) in [5, 5.41) is 12.2. The highest BCUT2D eigenvalue weighted by Crippen LogP contribution is 2.35. The highest BCUT2D eigenvalue weighted by Gasteiger charge is 2.15. The van der Waals surface area contributed by atoms with Crippen molar-refractivity contribution < 1.29 is 9.72 Å². The van der Waals surface area contributed by atoms with Crippen molar-refractivity contribution in [3.63, 3.8) is 0 Å². The van der Waals surface area contributed by atoms with Crippen LogP contribution in [0.3, 0.4) is 0 Å². The molecule has 0 amide bonds. The predicted molar refractivity (Wildman–Crippen MR) is 118 cm³/mol. The molecular weight excluding hydrogens is 429 g/mol. The molecule has 0 aliphatic carbocycles. The smallest absolute Gasteiger partial charge is 0.283 e. The summed E-state index contributed by atoms with van der Waals surface area (Å²) in [6, 6.07) is 17.2. The minimum Gasteiger partial charge on any atom is -0.289 e. The zero-order valence-corrected chi connectivity index (χ0v) is 17.6. The van der Waals surface area contributed by atoms with Crippen molar-refractivity contribution in [3.8, 4) is 0 Å². The first-order valence-corrected chi connectivity index (χ1v) is 10.1. The summed E-state index contributed by atoms with van der Waals surface area (Å²) in [6.45, 7) is 1.98. The van der Waals surface area contributed by atoms with E-state index in [2.05, 4.69) is 0 Å². The van der Waals surface area contributed by atoms with E-state index in [0.29, 0.717) is 20.5 Å². The van der Waals surface area contributed by atoms with Crippen molar-refractivity contribution in [2.24, 2.45) is 0 Å². The summed E-state index contributed by atoms with van der Waals surface area (Å²) >= 11 is 13.3. The quantitative estimate of drug-likeness (QED) is 0.174. The molecule has 3 rings (SSSR count). The highest BCUT2D eigenvalue weighted by atomic mass is 35.5. The normalized spacial score (nSPS) is 11.0. The van der Waals surface area contributed by atoms with Crippen LogP contribution in [0.15, 0.2) is 76.5 Å². The van der Waals surface area contributed by atoms with Gasteiger partial charge in [-0.25, -0.2) is 0 Å². The standard InChI is InChI=1S/C22H15Cl2NO3S/c1-14-2-7-17(8-3-14)29-22-11-5-15(12-20(22)25(27)28)4-10-21(26)18-13-16(23)6-9-19(18)24/h2-13H,1H3. The van der Waals surface area contributed by atoms with Crippen LogP contribution in [-0.4, -0.2) is 10.7 Å². The Balaban J connectivity index is 1.85. The molecule has 0 atom stereocenters. The fourth-order valence-corrected chi connectivity index (χ4v) is 3.83. The third-order valence-electron chi connectivity index (χ3n) is 4.05. The molecule has 0 bridgehead atoms. The van der Waals surface area contributed by atoms with Gasteiger partial charge in [0.25, 0.3) is 5.69 Å². The fourth-order valence-electron chi connectivity index (χ4n) is 2.55. The van der Waals surface area contributed by atoms with Crippen LogP contribution < -0.4 is 0 Å². The fraction of sp³-hybridized carbons (Fsp3) is 0.0455. The second-order valence-corrected chi connectivity index (χ2v) is 8.18. The van der Waals surface area contributed by atoms with Gasteiger partial charge in [0.05, 0.1) is 14.8 Å². The number of carbonyl (C=O) groups is 1. The number of aryl methyl sites for hydroxylation is 1. The molecule has 0 heterocycles. The summed E-state index contributed by atoms with van der Waals surface area (Å²) in [7, 11) is 0. The van der Waals surface area contributed by atoms with E-state index in [-0.39, 0.29) is 17.0 Å². The molecule has 146 valence electrons. The second kappa shape index (κ2) is 9.27. The lowest BCUT2D eigenvalue weighted by atomic mass is 10.1. The Morgan fingerprint density at radius 3 is 2.45 bits per heavy atom. The number of allylic oxidation sites excluding steroid dienone is 1. The van der Waals surface area contributed by atoms with Gasteiger partial charge in [0.2, 0.25) is 0 Å². The summed E-state index contributed by atoms with van der Waals surface area (Å²) in [4.78, 5) is 24.9. The molecule has 0 aliphatic rings. The van der Waals surface area contributed by atoms with Crippen LogP contribution >= 0.6 is 35.0 Å². The lowest BCUT2D eigenvalue weighted by Crippen LogP contribution is -1.96. The number of benzene rings is 3. The van der Waals surface area contributed by atoms with E-state index in [1.165, 1.54) is 36.0 Å². The van der Waals surface area contributed by atoms with Gasteiger partial charge in [0.1, 0.15) is 0 Å². The van der Waals surface area contributed by atoms with Gasteiger partial charge in [-0.1, -0.05) is 64.8 Å². The lowest BCUT2D eigenvalue weighted by molar-refractivity contribution is -0.387. The van der Waals surface area contributed by atoms with Crippen LogP contribution in [0, 0.1) is 17.0 Å². The van der Waals surface area contributed by atoms with Crippen molar-refractivity contribution in [2.75, 3.05) is 0 Å². The molecule has 0 aliphatic heterocycles. The number of halogens is 2. The van der Waals surface area contributed by atoms with Gasteiger partial charge in [-0.2, -0.15) is 0 Å². The second-order valence-electron chi connectivity index (χ2n) is 6.22. The summed E-state index contributed by atoms with van der Waals surface area (Å²) in [5.41, 5.74) is 1.91. The topological polar surface area (TPSA) is 60.2 Å². The molecule has 3 aromatic rings. The molecule has 0 aromatic heterocycles. The molecule has 0 N–H and O–H groups in total. The Kier molecular flexibility index (Phi) is 6.75. The summed E-state index contributed by atoms with van der Waals surface area (Å²) < 4.78 is 0. The van der Waals surface area contributed by atoms with Crippen molar-refractivity contribution in [1.82, 2.24) is 0 Å². The number of hydrogen-bond acceptors (Lipinski definition) is 4. The van der Waals surface area contributed by atoms with E-state index in [1.54, 1.807) is 24.3 Å². The number of rotatable bonds is 6. The van der Waals surface area contributed by atoms with Crippen molar-refractivity contribution in [2.45, 2.75) is 16.7 Å². The third-order valence-corrected chi connectivity index (χ3v) is 5.69. The highest BCUT2D eigenvalue weighted by molar-refractivity contribution is 7.99. The SMILES string of the molecule is Cc1ccc(Sc2ccc(C=CC(=O)c3cc(Cl)ccc3Cl)cc2[N+](=O)[O-])cc1. The average Bonchev–Trinajstić information content (AvgIpc) is 2.70. The van der Waals surface area contributed by atoms with Crippen molar-refractivity contribution in [3.05, 3.63) is 104 Å². The molecule has 0 unspecified atom stereocenters. The zero-order chi connectivity index (χ0) is 21.0. The maximum atomic E-state index is 12.4. The maximum absolute atomic E-state index is 12.4.